The van der Waals surface area contributed by atoms with E-state index < -0.39 is 5.60 Å². The zero-order valence-corrected chi connectivity index (χ0v) is 11.8. The zero-order chi connectivity index (χ0) is 12.8. The Hall–Kier alpha value is -0.120. The Labute approximate surface area is 111 Å². The molecular weight excluding hydrogens is 226 g/mol. The summed E-state index contributed by atoms with van der Waals surface area (Å²) in [4.78, 5) is 0. The third-order valence-electron chi connectivity index (χ3n) is 4.84. The second-order valence-corrected chi connectivity index (χ2v) is 6.26. The van der Waals surface area contributed by atoms with Gasteiger partial charge in [-0.3, -0.25) is 0 Å². The highest BCUT2D eigenvalue weighted by molar-refractivity contribution is 4.87. The van der Waals surface area contributed by atoms with E-state index in [0.29, 0.717) is 0 Å². The van der Waals surface area contributed by atoms with Crippen molar-refractivity contribution in [1.82, 2.24) is 5.32 Å². The average Bonchev–Trinajstić information content (AvgIpc) is 2.41. The molecule has 0 amide bonds. The molecule has 1 saturated heterocycles. The second-order valence-electron chi connectivity index (χ2n) is 6.26. The number of hydrogen-bond donors (Lipinski definition) is 2. The van der Waals surface area contributed by atoms with Gasteiger partial charge in [0.05, 0.1) is 5.60 Å². The van der Waals surface area contributed by atoms with Gasteiger partial charge >= 0.3 is 0 Å². The summed E-state index contributed by atoms with van der Waals surface area (Å²) in [6.45, 7) is 5.91. The Bertz CT molecular complexity index is 231. The molecule has 106 valence electrons. The quantitative estimate of drug-likeness (QED) is 0.792. The first-order valence-corrected chi connectivity index (χ1v) is 7.73. The van der Waals surface area contributed by atoms with Crippen LogP contribution in [-0.2, 0) is 4.74 Å². The summed E-state index contributed by atoms with van der Waals surface area (Å²) < 4.78 is 5.36. The molecule has 1 aliphatic carbocycles. The van der Waals surface area contributed by atoms with Crippen LogP contribution in [0.2, 0.25) is 0 Å². The topological polar surface area (TPSA) is 41.5 Å². The summed E-state index contributed by atoms with van der Waals surface area (Å²) in [5.74, 6) is 1.59. The zero-order valence-electron chi connectivity index (χ0n) is 11.8. The van der Waals surface area contributed by atoms with Gasteiger partial charge < -0.3 is 15.2 Å². The van der Waals surface area contributed by atoms with Crippen molar-refractivity contribution >= 4 is 0 Å². The van der Waals surface area contributed by atoms with Gasteiger partial charge in [0.15, 0.2) is 0 Å². The normalized spacial score (nSPS) is 34.7. The van der Waals surface area contributed by atoms with Crippen molar-refractivity contribution in [2.75, 3.05) is 26.3 Å². The van der Waals surface area contributed by atoms with E-state index in [1.165, 1.54) is 32.1 Å². The van der Waals surface area contributed by atoms with Crippen LogP contribution in [0.5, 0.6) is 0 Å². The van der Waals surface area contributed by atoms with E-state index in [-0.39, 0.29) is 0 Å². The van der Waals surface area contributed by atoms with E-state index in [9.17, 15) is 5.11 Å². The predicted molar refractivity (Wildman–Crippen MR) is 73.6 cm³/mol. The summed E-state index contributed by atoms with van der Waals surface area (Å²) in [6, 6.07) is 0. The van der Waals surface area contributed by atoms with E-state index in [1.54, 1.807) is 0 Å². The molecule has 2 N–H and O–H groups in total. The Morgan fingerprint density at radius 2 is 1.78 bits per heavy atom. The monoisotopic (exact) mass is 255 g/mol. The molecule has 2 fully saturated rings. The van der Waals surface area contributed by atoms with E-state index in [1.807, 2.05) is 0 Å². The lowest BCUT2D eigenvalue weighted by Gasteiger charge is -2.36. The minimum Gasteiger partial charge on any atom is -0.389 e. The fraction of sp³-hybridized carbons (Fsp3) is 1.00. The predicted octanol–water partition coefficient (Wildman–Crippen LogP) is 2.33. The van der Waals surface area contributed by atoms with Crippen LogP contribution in [0.25, 0.3) is 0 Å². The van der Waals surface area contributed by atoms with Gasteiger partial charge in [0.1, 0.15) is 0 Å². The highest BCUT2D eigenvalue weighted by atomic mass is 16.5. The van der Waals surface area contributed by atoms with Crippen molar-refractivity contribution < 1.29 is 9.84 Å². The van der Waals surface area contributed by atoms with Crippen molar-refractivity contribution in [3.63, 3.8) is 0 Å². The highest BCUT2D eigenvalue weighted by Gasteiger charge is 2.32. The molecule has 1 aliphatic heterocycles. The van der Waals surface area contributed by atoms with Gasteiger partial charge in [-0.1, -0.05) is 13.3 Å². The SMILES string of the molecule is CCC1CCC(O)(CNCC2CCOCC2)CC1. The summed E-state index contributed by atoms with van der Waals surface area (Å²) in [5.41, 5.74) is -0.434. The van der Waals surface area contributed by atoms with Gasteiger partial charge in [0, 0.05) is 19.8 Å². The lowest BCUT2D eigenvalue weighted by molar-refractivity contribution is -0.0105. The van der Waals surface area contributed by atoms with Gasteiger partial charge in [-0.2, -0.15) is 0 Å². The van der Waals surface area contributed by atoms with E-state index >= 15 is 0 Å². The number of hydrogen-bond acceptors (Lipinski definition) is 3. The van der Waals surface area contributed by atoms with Crippen LogP contribution < -0.4 is 5.32 Å². The van der Waals surface area contributed by atoms with Crippen LogP contribution in [0, 0.1) is 11.8 Å². The molecule has 1 heterocycles. The molecule has 0 radical (unpaired) electrons. The maximum Gasteiger partial charge on any atom is 0.0771 e. The van der Waals surface area contributed by atoms with E-state index in [4.69, 9.17) is 4.74 Å². The second kappa shape index (κ2) is 6.88. The van der Waals surface area contributed by atoms with Gasteiger partial charge in [-0.25, -0.2) is 0 Å². The smallest absolute Gasteiger partial charge is 0.0771 e. The lowest BCUT2D eigenvalue weighted by Crippen LogP contribution is -2.45. The van der Waals surface area contributed by atoms with Crippen molar-refractivity contribution in [2.45, 2.75) is 57.5 Å². The molecule has 3 heteroatoms. The molecule has 0 unspecified atom stereocenters. The molecule has 2 rings (SSSR count). The molecule has 0 aromatic carbocycles. The molecule has 0 bridgehead atoms. The van der Waals surface area contributed by atoms with Crippen LogP contribution in [0.4, 0.5) is 0 Å². The minimum atomic E-state index is -0.434. The molecule has 0 aromatic heterocycles. The van der Waals surface area contributed by atoms with E-state index in [0.717, 1.165) is 51.0 Å². The molecule has 1 saturated carbocycles. The highest BCUT2D eigenvalue weighted by Crippen LogP contribution is 2.33. The van der Waals surface area contributed by atoms with Crippen LogP contribution in [-0.4, -0.2) is 37.0 Å². The Kier molecular flexibility index (Phi) is 5.46. The van der Waals surface area contributed by atoms with Crippen molar-refractivity contribution in [3.05, 3.63) is 0 Å². The molecule has 2 aliphatic rings. The lowest BCUT2D eigenvalue weighted by atomic mass is 9.78. The van der Waals surface area contributed by atoms with Gasteiger partial charge in [0.2, 0.25) is 0 Å². The van der Waals surface area contributed by atoms with E-state index in [2.05, 4.69) is 12.2 Å². The first-order chi connectivity index (χ1) is 8.72. The average molecular weight is 255 g/mol. The fourth-order valence-electron chi connectivity index (χ4n) is 3.26. The number of ether oxygens (including phenoxy) is 1. The third-order valence-corrected chi connectivity index (χ3v) is 4.84. The standard InChI is InChI=1S/C15H29NO2/c1-2-13-3-7-15(17,8-4-13)12-16-11-14-5-9-18-10-6-14/h13-14,16-17H,2-12H2,1H3. The van der Waals surface area contributed by atoms with Crippen molar-refractivity contribution in [3.8, 4) is 0 Å². The Balaban J connectivity index is 1.63. The van der Waals surface area contributed by atoms with Crippen LogP contribution >= 0.6 is 0 Å². The number of rotatable bonds is 5. The van der Waals surface area contributed by atoms with Crippen LogP contribution in [0.1, 0.15) is 51.9 Å². The molecular formula is C15H29NO2. The van der Waals surface area contributed by atoms with Gasteiger partial charge in [-0.15, -0.1) is 0 Å². The molecule has 3 nitrogen and oxygen atoms in total. The summed E-state index contributed by atoms with van der Waals surface area (Å²) >= 11 is 0. The van der Waals surface area contributed by atoms with Crippen LogP contribution in [0.3, 0.4) is 0 Å². The first kappa shape index (κ1) is 14.3. The van der Waals surface area contributed by atoms with Crippen molar-refractivity contribution in [2.24, 2.45) is 11.8 Å². The fourth-order valence-corrected chi connectivity index (χ4v) is 3.26. The molecule has 0 atom stereocenters. The largest absolute Gasteiger partial charge is 0.389 e. The number of aliphatic hydroxyl groups is 1. The molecule has 18 heavy (non-hydrogen) atoms. The summed E-state index contributed by atoms with van der Waals surface area (Å²) in [6.07, 6.45) is 7.97. The van der Waals surface area contributed by atoms with Gasteiger partial charge in [0.25, 0.3) is 0 Å². The number of nitrogens with one attached hydrogen (secondary N) is 1. The minimum absolute atomic E-state index is 0.434. The van der Waals surface area contributed by atoms with Crippen LogP contribution in [0.15, 0.2) is 0 Å². The van der Waals surface area contributed by atoms with Crippen molar-refractivity contribution in [1.29, 1.82) is 0 Å². The Morgan fingerprint density at radius 3 is 2.39 bits per heavy atom. The maximum absolute atomic E-state index is 10.5. The summed E-state index contributed by atoms with van der Waals surface area (Å²) in [5, 5.41) is 14.0. The first-order valence-electron chi connectivity index (χ1n) is 7.73. The maximum atomic E-state index is 10.5. The third kappa shape index (κ3) is 4.22. The summed E-state index contributed by atoms with van der Waals surface area (Å²) in [7, 11) is 0. The molecule has 0 spiro atoms. The van der Waals surface area contributed by atoms with Gasteiger partial charge in [-0.05, 0) is 56.9 Å². The molecule has 0 aromatic rings. The Morgan fingerprint density at radius 1 is 1.11 bits per heavy atom.